The lowest BCUT2D eigenvalue weighted by Gasteiger charge is -2.64. The largest absolute Gasteiger partial charge is 0.461 e. The van der Waals surface area contributed by atoms with Crippen molar-refractivity contribution in [3.8, 4) is 0 Å². The zero-order valence-electron chi connectivity index (χ0n) is 30.8. The zero-order valence-corrected chi connectivity index (χ0v) is 30.8. The Morgan fingerprint density at radius 3 is 2.24 bits per heavy atom. The molecule has 3 aliphatic heterocycles. The van der Waals surface area contributed by atoms with Crippen LogP contribution in [0.4, 0.5) is 0 Å². The van der Waals surface area contributed by atoms with E-state index in [-0.39, 0.29) is 84.9 Å². The van der Waals surface area contributed by atoms with Crippen molar-refractivity contribution < 1.29 is 67.7 Å². The third-order valence-electron chi connectivity index (χ3n) is 15.9. The first-order valence-corrected chi connectivity index (χ1v) is 19.0. The molecule has 10 aliphatic rings. The van der Waals surface area contributed by atoms with Gasteiger partial charge in [0, 0.05) is 46.7 Å². The maximum absolute atomic E-state index is 14.5. The summed E-state index contributed by atoms with van der Waals surface area (Å²) in [6, 6.07) is 0. The summed E-state index contributed by atoms with van der Waals surface area (Å²) in [6.45, 7) is 5.97. The third-order valence-corrected chi connectivity index (χ3v) is 15.9. The number of esters is 5. The van der Waals surface area contributed by atoms with Gasteiger partial charge in [-0.3, -0.25) is 9.59 Å². The van der Waals surface area contributed by atoms with Gasteiger partial charge in [-0.1, -0.05) is 13.8 Å². The molecule has 7 aliphatic carbocycles. The first kappa shape index (κ1) is 34.6. The normalized spacial score (nSPS) is 50.9. The van der Waals surface area contributed by atoms with Crippen LogP contribution >= 0.6 is 0 Å². The SMILES string of the molecule is CO[C@@]12OC(=O)C(C)=C1C1=C3[C@](C)([C@@H]4C[C@@H]4[C@@]3(O)C[C@@H]3[C@]14OC(=O)C1=C4C[C@H]4[C@](O)(COC(=O)/C(C)=C\COC(=O)CCC(=O)OC1)[C@H]1C[C@H]1[C@]34C)[C@H]2O. The molecule has 0 aromatic rings. The fraction of sp³-hybridized carbons (Fsp3) is 0.675. The molecule has 0 saturated heterocycles. The lowest BCUT2D eigenvalue weighted by Crippen LogP contribution is -2.69. The van der Waals surface area contributed by atoms with Crippen molar-refractivity contribution in [2.45, 2.75) is 94.9 Å². The van der Waals surface area contributed by atoms with Gasteiger partial charge in [0.1, 0.15) is 31.5 Å². The van der Waals surface area contributed by atoms with Gasteiger partial charge >= 0.3 is 29.8 Å². The van der Waals surface area contributed by atoms with Crippen molar-refractivity contribution in [2.24, 2.45) is 46.3 Å². The van der Waals surface area contributed by atoms with Gasteiger partial charge in [0.25, 0.3) is 5.79 Å². The highest BCUT2D eigenvalue weighted by Crippen LogP contribution is 2.85. The summed E-state index contributed by atoms with van der Waals surface area (Å²) >= 11 is 0. The fourth-order valence-electron chi connectivity index (χ4n) is 13.4. The van der Waals surface area contributed by atoms with E-state index < -0.39 is 87.8 Å². The highest BCUT2D eigenvalue weighted by molar-refractivity contribution is 5.98. The Bertz CT molecular complexity index is 2040. The predicted octanol–water partition coefficient (Wildman–Crippen LogP) is 1.65. The van der Waals surface area contributed by atoms with E-state index in [0.29, 0.717) is 29.6 Å². The van der Waals surface area contributed by atoms with Gasteiger partial charge in [0.15, 0.2) is 5.60 Å². The number of cyclic esters (lactones) is 3. The minimum atomic E-state index is -1.97. The van der Waals surface area contributed by atoms with E-state index in [9.17, 15) is 39.3 Å². The second-order valence-electron chi connectivity index (χ2n) is 17.8. The predicted molar refractivity (Wildman–Crippen MR) is 179 cm³/mol. The van der Waals surface area contributed by atoms with Crippen LogP contribution in [-0.4, -0.2) is 101 Å². The van der Waals surface area contributed by atoms with E-state index in [4.69, 9.17) is 28.4 Å². The molecule has 13 atom stereocenters. The number of hydrogen-bond donors (Lipinski definition) is 3. The molecule has 5 fully saturated rings. The Morgan fingerprint density at radius 1 is 0.815 bits per heavy atom. The fourth-order valence-corrected chi connectivity index (χ4v) is 13.4. The molecule has 2 bridgehead atoms. The van der Waals surface area contributed by atoms with Gasteiger partial charge in [-0.25, -0.2) is 14.4 Å². The number of rotatable bonds is 1. The molecule has 288 valence electrons. The van der Waals surface area contributed by atoms with Crippen LogP contribution in [-0.2, 0) is 52.4 Å². The summed E-state index contributed by atoms with van der Waals surface area (Å²) in [5.74, 6) is -7.65. The van der Waals surface area contributed by atoms with Crippen molar-refractivity contribution in [3.63, 3.8) is 0 Å². The standard InChI is InChI=1S/C40H44O14/c1-16-8-9-50-26(41)6-7-27(42)51-14-18-19-12-24-35(3,20-10-23(20)38(24,48)15-52-31(16)43)25-13-37(47)22-11-21(22)36(4)30(37)29(39(19,25)53-33(18)45)28-17(2)32(44)54-40(28,49-5)34(36)46/h8,20-25,34,46-48H,6-7,9-15H2,1-5H3/b16-8-/t20-,21-,22+,23+,24-,25+,34-,35+,36+,37+,38+,39+,40-/m1/s1. The second-order valence-corrected chi connectivity index (χ2v) is 17.8. The van der Waals surface area contributed by atoms with Crippen LogP contribution in [0, 0.1) is 46.3 Å². The molecule has 14 heteroatoms. The van der Waals surface area contributed by atoms with Gasteiger partial charge in [0.2, 0.25) is 0 Å². The van der Waals surface area contributed by atoms with Gasteiger partial charge in [-0.05, 0) is 85.8 Å². The Morgan fingerprint density at radius 2 is 1.52 bits per heavy atom. The Kier molecular flexibility index (Phi) is 6.61. The Balaban J connectivity index is 1.22. The molecule has 14 nitrogen and oxygen atoms in total. The van der Waals surface area contributed by atoms with Crippen LogP contribution in [0.2, 0.25) is 0 Å². The number of carbonyl (C=O) groups is 5. The van der Waals surface area contributed by atoms with E-state index in [0.717, 1.165) is 0 Å². The van der Waals surface area contributed by atoms with Gasteiger partial charge in [0.05, 0.1) is 24.0 Å². The summed E-state index contributed by atoms with van der Waals surface area (Å²) in [4.78, 5) is 66.7. The van der Waals surface area contributed by atoms with Gasteiger partial charge in [-0.15, -0.1) is 0 Å². The summed E-state index contributed by atoms with van der Waals surface area (Å²) in [5.41, 5.74) is -4.64. The monoisotopic (exact) mass is 748 g/mol. The van der Waals surface area contributed by atoms with Crippen molar-refractivity contribution in [2.75, 3.05) is 26.9 Å². The first-order chi connectivity index (χ1) is 25.5. The molecule has 54 heavy (non-hydrogen) atoms. The average molecular weight is 749 g/mol. The molecule has 0 radical (unpaired) electrons. The highest BCUT2D eigenvalue weighted by atomic mass is 16.7. The minimum Gasteiger partial charge on any atom is -0.461 e. The molecular weight excluding hydrogens is 704 g/mol. The highest BCUT2D eigenvalue weighted by Gasteiger charge is 2.87. The van der Waals surface area contributed by atoms with Crippen LogP contribution in [0.25, 0.3) is 0 Å². The molecule has 3 N–H and O–H groups in total. The topological polar surface area (TPSA) is 201 Å². The molecule has 0 unspecified atom stereocenters. The van der Waals surface area contributed by atoms with Crippen LogP contribution in [0.5, 0.6) is 0 Å². The van der Waals surface area contributed by atoms with Crippen molar-refractivity contribution in [3.05, 3.63) is 45.1 Å². The van der Waals surface area contributed by atoms with E-state index in [1.165, 1.54) is 20.1 Å². The Hall–Kier alpha value is -3.85. The quantitative estimate of drug-likeness (QED) is 0.258. The van der Waals surface area contributed by atoms with Crippen LogP contribution < -0.4 is 0 Å². The Labute approximate surface area is 310 Å². The minimum absolute atomic E-state index is 0.0545. The number of aliphatic hydroxyl groups excluding tert-OH is 1. The summed E-state index contributed by atoms with van der Waals surface area (Å²) < 4.78 is 35.4. The maximum Gasteiger partial charge on any atom is 0.338 e. The third kappa shape index (κ3) is 3.70. The smallest absolute Gasteiger partial charge is 0.338 e. The van der Waals surface area contributed by atoms with Crippen LogP contribution in [0.3, 0.4) is 0 Å². The average Bonchev–Trinajstić information content (AvgIpc) is 4.04. The number of fused-ring (bicyclic) bond motifs is 9. The molecule has 3 heterocycles. The van der Waals surface area contributed by atoms with Gasteiger partial charge in [-0.2, -0.15) is 0 Å². The molecule has 1 spiro atoms. The molecule has 0 amide bonds. The summed E-state index contributed by atoms with van der Waals surface area (Å²) in [6.07, 6.45) is 0.814. The van der Waals surface area contributed by atoms with Crippen LogP contribution in [0.15, 0.2) is 45.1 Å². The van der Waals surface area contributed by atoms with Gasteiger partial charge < -0.3 is 43.7 Å². The van der Waals surface area contributed by atoms with E-state index in [1.807, 2.05) is 6.92 Å². The number of methoxy groups -OCH3 is 1. The lowest BCUT2D eigenvalue weighted by molar-refractivity contribution is -0.256. The molecule has 0 aromatic heterocycles. The number of aliphatic hydroxyl groups is 3. The number of hydrogen-bond acceptors (Lipinski definition) is 14. The van der Waals surface area contributed by atoms with E-state index in [1.54, 1.807) is 6.92 Å². The lowest BCUT2D eigenvalue weighted by atomic mass is 9.42. The number of carbonyl (C=O) groups excluding carboxylic acids is 5. The van der Waals surface area contributed by atoms with Crippen LogP contribution in [0.1, 0.15) is 66.2 Å². The van der Waals surface area contributed by atoms with Crippen molar-refractivity contribution in [1.82, 2.24) is 0 Å². The first-order valence-electron chi connectivity index (χ1n) is 19.0. The molecule has 5 saturated carbocycles. The summed E-state index contributed by atoms with van der Waals surface area (Å²) in [7, 11) is 1.35. The molecule has 0 aromatic carbocycles. The molecule has 10 rings (SSSR count). The van der Waals surface area contributed by atoms with Crippen molar-refractivity contribution >= 4 is 29.8 Å². The zero-order chi connectivity index (χ0) is 38.3. The van der Waals surface area contributed by atoms with Crippen molar-refractivity contribution in [1.29, 1.82) is 0 Å². The van der Waals surface area contributed by atoms with E-state index >= 15 is 0 Å². The van der Waals surface area contributed by atoms with E-state index in [2.05, 4.69) is 6.92 Å². The summed E-state index contributed by atoms with van der Waals surface area (Å²) in [5, 5.41) is 38.3. The second kappa shape index (κ2) is 10.3. The molecular formula is C40H44O14. The maximum atomic E-state index is 14.5. The number of ether oxygens (including phenoxy) is 6.